The summed E-state index contributed by atoms with van der Waals surface area (Å²) < 4.78 is 4.89. The Hall–Kier alpha value is -1.84. The van der Waals surface area contributed by atoms with Gasteiger partial charge in [-0.25, -0.2) is 4.79 Å². The van der Waals surface area contributed by atoms with Crippen molar-refractivity contribution in [3.05, 3.63) is 34.9 Å². The molecule has 1 fully saturated rings. The van der Waals surface area contributed by atoms with E-state index in [1.54, 1.807) is 11.8 Å². The largest absolute Gasteiger partial charge is 0.459 e. The lowest BCUT2D eigenvalue weighted by atomic mass is 9.88. The van der Waals surface area contributed by atoms with E-state index in [0.717, 1.165) is 18.4 Å². The van der Waals surface area contributed by atoms with Gasteiger partial charge in [0.15, 0.2) is 0 Å². The highest BCUT2D eigenvalue weighted by molar-refractivity contribution is 6.32. The number of aryl methyl sites for hydroxylation is 2. The molecule has 0 N–H and O–H groups in total. The zero-order valence-corrected chi connectivity index (χ0v) is 13.9. The van der Waals surface area contributed by atoms with Gasteiger partial charge in [-0.2, -0.15) is 0 Å². The summed E-state index contributed by atoms with van der Waals surface area (Å²) in [4.78, 5) is 25.9. The molecule has 2 rings (SSSR count). The van der Waals surface area contributed by atoms with E-state index in [2.05, 4.69) is 39.0 Å². The van der Waals surface area contributed by atoms with E-state index >= 15 is 0 Å². The second-order valence-corrected chi connectivity index (χ2v) is 6.22. The number of carbonyl (C=O) groups is 2. The zero-order valence-electron chi connectivity index (χ0n) is 13.9. The summed E-state index contributed by atoms with van der Waals surface area (Å²) in [5, 5.41) is 0. The molecular weight excluding hydrogens is 278 g/mol. The lowest BCUT2D eigenvalue weighted by molar-refractivity contribution is -0.162. The maximum absolute atomic E-state index is 12.4. The average Bonchev–Trinajstić information content (AvgIpc) is 2.49. The lowest BCUT2D eigenvalue weighted by Gasteiger charge is -2.38. The third-order valence-corrected chi connectivity index (χ3v) is 4.44. The van der Waals surface area contributed by atoms with Gasteiger partial charge in [0.05, 0.1) is 12.6 Å². The van der Waals surface area contributed by atoms with Gasteiger partial charge in [0.1, 0.15) is 0 Å². The van der Waals surface area contributed by atoms with Gasteiger partial charge in [-0.15, -0.1) is 0 Å². The van der Waals surface area contributed by atoms with Crippen LogP contribution in [-0.4, -0.2) is 29.9 Å². The number of benzene rings is 1. The highest BCUT2D eigenvalue weighted by Crippen LogP contribution is 2.34. The predicted octanol–water partition coefficient (Wildman–Crippen LogP) is 3.17. The Labute approximate surface area is 132 Å². The van der Waals surface area contributed by atoms with Crippen molar-refractivity contribution >= 4 is 11.9 Å². The van der Waals surface area contributed by atoms with Gasteiger partial charge in [0.25, 0.3) is 0 Å². The minimum atomic E-state index is -0.745. The zero-order chi connectivity index (χ0) is 16.3. The van der Waals surface area contributed by atoms with Crippen LogP contribution in [0, 0.1) is 19.8 Å². The molecule has 1 aromatic rings. The molecule has 0 unspecified atom stereocenters. The average molecular weight is 303 g/mol. The molecule has 0 bridgehead atoms. The molecule has 4 nitrogen and oxygen atoms in total. The van der Waals surface area contributed by atoms with Crippen molar-refractivity contribution < 1.29 is 14.3 Å². The summed E-state index contributed by atoms with van der Waals surface area (Å²) in [6.07, 6.45) is 1.94. The van der Waals surface area contributed by atoms with E-state index < -0.39 is 11.9 Å². The monoisotopic (exact) mass is 303 g/mol. The highest BCUT2D eigenvalue weighted by Gasteiger charge is 2.34. The number of hydrogen-bond donors (Lipinski definition) is 0. The molecule has 2 atom stereocenters. The molecule has 1 heterocycles. The second kappa shape index (κ2) is 6.95. The maximum Gasteiger partial charge on any atom is 0.397 e. The van der Waals surface area contributed by atoms with Gasteiger partial charge in [-0.1, -0.05) is 25.1 Å². The number of nitrogens with zero attached hydrogens (tertiary/aromatic N) is 1. The van der Waals surface area contributed by atoms with Gasteiger partial charge in [-0.3, -0.25) is 4.79 Å². The van der Waals surface area contributed by atoms with E-state index in [4.69, 9.17) is 4.74 Å². The first-order valence-corrected chi connectivity index (χ1v) is 7.98. The molecule has 0 spiro atoms. The fraction of sp³-hybridized carbons (Fsp3) is 0.556. The molecule has 0 aliphatic carbocycles. The van der Waals surface area contributed by atoms with Crippen LogP contribution in [0.2, 0.25) is 0 Å². The van der Waals surface area contributed by atoms with Crippen molar-refractivity contribution in [3.63, 3.8) is 0 Å². The van der Waals surface area contributed by atoms with E-state index in [9.17, 15) is 9.59 Å². The molecule has 0 saturated carbocycles. The number of hydrogen-bond acceptors (Lipinski definition) is 3. The minimum absolute atomic E-state index is 0.0348. The predicted molar refractivity (Wildman–Crippen MR) is 85.4 cm³/mol. The molecule has 22 heavy (non-hydrogen) atoms. The van der Waals surface area contributed by atoms with Crippen molar-refractivity contribution in [2.75, 3.05) is 13.2 Å². The molecule has 1 amide bonds. The minimum Gasteiger partial charge on any atom is -0.459 e. The molecule has 120 valence electrons. The summed E-state index contributed by atoms with van der Waals surface area (Å²) in [6, 6.07) is 6.23. The van der Waals surface area contributed by atoms with Crippen LogP contribution in [0.25, 0.3) is 0 Å². The van der Waals surface area contributed by atoms with Crippen molar-refractivity contribution in [1.82, 2.24) is 4.90 Å². The Morgan fingerprint density at radius 1 is 1.23 bits per heavy atom. The van der Waals surface area contributed by atoms with Gasteiger partial charge in [0, 0.05) is 6.54 Å². The van der Waals surface area contributed by atoms with Crippen LogP contribution in [-0.2, 0) is 14.3 Å². The third kappa shape index (κ3) is 3.49. The van der Waals surface area contributed by atoms with Crippen molar-refractivity contribution in [2.24, 2.45) is 5.92 Å². The highest BCUT2D eigenvalue weighted by atomic mass is 16.5. The van der Waals surface area contributed by atoms with E-state index in [1.807, 2.05) is 0 Å². The number of esters is 1. The smallest absolute Gasteiger partial charge is 0.397 e. The van der Waals surface area contributed by atoms with Crippen LogP contribution in [0.1, 0.15) is 49.4 Å². The van der Waals surface area contributed by atoms with Crippen LogP contribution < -0.4 is 0 Å². The molecule has 1 aliphatic heterocycles. The Balaban J connectivity index is 2.28. The van der Waals surface area contributed by atoms with Crippen LogP contribution in [0.4, 0.5) is 0 Å². The number of amides is 1. The number of ether oxygens (including phenoxy) is 1. The number of carbonyl (C=O) groups excluding carboxylic acids is 2. The Morgan fingerprint density at radius 3 is 2.59 bits per heavy atom. The lowest BCUT2D eigenvalue weighted by Crippen LogP contribution is -2.45. The summed E-state index contributed by atoms with van der Waals surface area (Å²) in [6.45, 7) is 8.80. The normalized spacial score (nSPS) is 21.5. The first kappa shape index (κ1) is 16.5. The Morgan fingerprint density at radius 2 is 1.95 bits per heavy atom. The number of likely N-dealkylation sites (tertiary alicyclic amines) is 1. The quantitative estimate of drug-likeness (QED) is 0.623. The Bertz CT molecular complexity index is 567. The summed E-state index contributed by atoms with van der Waals surface area (Å²) in [5.74, 6) is -0.858. The summed E-state index contributed by atoms with van der Waals surface area (Å²) in [7, 11) is 0. The van der Waals surface area contributed by atoms with Gasteiger partial charge in [0.2, 0.25) is 0 Å². The topological polar surface area (TPSA) is 46.6 Å². The molecule has 4 heteroatoms. The van der Waals surface area contributed by atoms with Crippen LogP contribution in [0.3, 0.4) is 0 Å². The van der Waals surface area contributed by atoms with Crippen molar-refractivity contribution in [2.45, 2.75) is 46.6 Å². The van der Waals surface area contributed by atoms with Crippen molar-refractivity contribution in [3.8, 4) is 0 Å². The molecule has 0 aromatic heterocycles. The van der Waals surface area contributed by atoms with Gasteiger partial charge >= 0.3 is 11.9 Å². The summed E-state index contributed by atoms with van der Waals surface area (Å²) >= 11 is 0. The van der Waals surface area contributed by atoms with Gasteiger partial charge in [-0.05, 0) is 56.2 Å². The van der Waals surface area contributed by atoms with Crippen LogP contribution in [0.5, 0.6) is 0 Å². The molecule has 1 aliphatic rings. The van der Waals surface area contributed by atoms with E-state index in [0.29, 0.717) is 12.5 Å². The third-order valence-electron chi connectivity index (χ3n) is 4.44. The molecule has 1 aromatic carbocycles. The van der Waals surface area contributed by atoms with Crippen LogP contribution >= 0.6 is 0 Å². The molecule has 1 saturated heterocycles. The Kier molecular flexibility index (Phi) is 5.22. The number of rotatable bonds is 2. The fourth-order valence-electron chi connectivity index (χ4n) is 3.01. The first-order valence-electron chi connectivity index (χ1n) is 7.98. The fourth-order valence-corrected chi connectivity index (χ4v) is 3.01. The van der Waals surface area contributed by atoms with E-state index in [-0.39, 0.29) is 12.6 Å². The number of piperidine rings is 1. The van der Waals surface area contributed by atoms with Crippen molar-refractivity contribution in [1.29, 1.82) is 0 Å². The summed E-state index contributed by atoms with van der Waals surface area (Å²) in [5.41, 5.74) is 3.54. The maximum atomic E-state index is 12.4. The molecular formula is C18H25NO3. The molecule has 0 radical (unpaired) electrons. The van der Waals surface area contributed by atoms with E-state index in [1.165, 1.54) is 11.1 Å². The van der Waals surface area contributed by atoms with Crippen LogP contribution in [0.15, 0.2) is 18.2 Å². The standard InChI is InChI=1S/C18H25NO3/c1-5-22-18(21)17(20)19-11-12(2)6-9-16(19)15-8-7-13(3)14(4)10-15/h7-8,10,12,16H,5-6,9,11H2,1-4H3/t12-,16+/m0/s1. The SMILES string of the molecule is CCOC(=O)C(=O)N1C[C@@H](C)CC[C@@H]1c1ccc(C)c(C)c1. The first-order chi connectivity index (χ1) is 10.4. The second-order valence-electron chi connectivity index (χ2n) is 6.22. The van der Waals surface area contributed by atoms with Gasteiger partial charge < -0.3 is 9.64 Å².